The molecule has 1 unspecified atom stereocenters. The highest BCUT2D eigenvalue weighted by molar-refractivity contribution is 5.89. The van der Waals surface area contributed by atoms with Crippen LogP contribution >= 0.6 is 0 Å². The highest BCUT2D eigenvalue weighted by Gasteiger charge is 2.26. The Hall–Kier alpha value is -2.17. The maximum Gasteiger partial charge on any atom is 0.311 e. The second-order valence-electron chi connectivity index (χ2n) is 5.28. The smallest absolute Gasteiger partial charge is 0.311 e. The number of carbonyl (C=O) groups is 1. The molecular formula is C15H17N3O2. The first-order valence-corrected chi connectivity index (χ1v) is 6.92. The van der Waals surface area contributed by atoms with Crippen LogP contribution < -0.4 is 0 Å². The Morgan fingerprint density at radius 1 is 1.30 bits per heavy atom. The number of amides is 1. The van der Waals surface area contributed by atoms with Crippen molar-refractivity contribution in [2.24, 2.45) is 5.92 Å². The number of piperidine rings is 1. The maximum absolute atomic E-state index is 12.3. The van der Waals surface area contributed by atoms with Crippen LogP contribution in [0.1, 0.15) is 30.5 Å². The third-order valence-electron chi connectivity index (χ3n) is 3.57. The van der Waals surface area contributed by atoms with E-state index in [0.717, 1.165) is 25.1 Å². The zero-order chi connectivity index (χ0) is 13.9. The summed E-state index contributed by atoms with van der Waals surface area (Å²) in [6.45, 7) is 3.69. The molecule has 2 heterocycles. The molecule has 0 radical (unpaired) electrons. The van der Waals surface area contributed by atoms with Crippen LogP contribution in [-0.2, 0) is 0 Å². The molecule has 1 amide bonds. The monoisotopic (exact) mass is 271 g/mol. The van der Waals surface area contributed by atoms with E-state index in [2.05, 4.69) is 17.1 Å². The van der Waals surface area contributed by atoms with E-state index < -0.39 is 0 Å². The van der Waals surface area contributed by atoms with Crippen LogP contribution in [0.4, 0.5) is 0 Å². The first kappa shape index (κ1) is 12.8. The number of rotatable bonds is 2. The van der Waals surface area contributed by atoms with E-state index in [0.29, 0.717) is 11.8 Å². The van der Waals surface area contributed by atoms with Gasteiger partial charge in [-0.1, -0.05) is 25.1 Å². The molecule has 1 fully saturated rings. The fourth-order valence-electron chi connectivity index (χ4n) is 2.52. The predicted molar refractivity (Wildman–Crippen MR) is 74.0 cm³/mol. The molecule has 1 atom stereocenters. The zero-order valence-corrected chi connectivity index (χ0v) is 11.5. The van der Waals surface area contributed by atoms with Gasteiger partial charge in [-0.15, -0.1) is 10.2 Å². The van der Waals surface area contributed by atoms with Gasteiger partial charge in [-0.2, -0.15) is 0 Å². The number of hydrogen-bond donors (Lipinski definition) is 0. The summed E-state index contributed by atoms with van der Waals surface area (Å²) in [4.78, 5) is 14.1. The maximum atomic E-state index is 12.3. The molecule has 1 aromatic carbocycles. The van der Waals surface area contributed by atoms with Crippen molar-refractivity contribution in [1.82, 2.24) is 15.1 Å². The van der Waals surface area contributed by atoms with Crippen molar-refractivity contribution in [3.8, 4) is 11.5 Å². The van der Waals surface area contributed by atoms with Gasteiger partial charge in [0, 0.05) is 18.7 Å². The van der Waals surface area contributed by atoms with Gasteiger partial charge in [-0.25, -0.2) is 0 Å². The number of likely N-dealkylation sites (tertiary alicyclic amines) is 1. The highest BCUT2D eigenvalue weighted by Crippen LogP contribution is 2.20. The minimum atomic E-state index is -0.161. The molecule has 1 aliphatic rings. The van der Waals surface area contributed by atoms with Crippen molar-refractivity contribution in [3.63, 3.8) is 0 Å². The molecule has 0 spiro atoms. The molecule has 0 N–H and O–H groups in total. The van der Waals surface area contributed by atoms with Gasteiger partial charge in [-0.3, -0.25) is 4.79 Å². The lowest BCUT2D eigenvalue weighted by Gasteiger charge is -2.29. The van der Waals surface area contributed by atoms with E-state index in [1.54, 1.807) is 4.90 Å². The van der Waals surface area contributed by atoms with Crippen molar-refractivity contribution in [2.45, 2.75) is 19.8 Å². The molecule has 5 heteroatoms. The molecule has 1 aliphatic heterocycles. The van der Waals surface area contributed by atoms with E-state index in [4.69, 9.17) is 4.42 Å². The summed E-state index contributed by atoms with van der Waals surface area (Å²) in [6, 6.07) is 9.47. The standard InChI is InChI=1S/C15H17N3O2/c1-11-6-5-9-18(10-11)15(19)14-17-16-13(20-14)12-7-3-2-4-8-12/h2-4,7-8,11H,5-6,9-10H2,1H3. The average molecular weight is 271 g/mol. The molecule has 0 bridgehead atoms. The lowest BCUT2D eigenvalue weighted by atomic mass is 10.0. The number of hydrogen-bond acceptors (Lipinski definition) is 4. The average Bonchev–Trinajstić information content (AvgIpc) is 2.97. The zero-order valence-electron chi connectivity index (χ0n) is 11.5. The molecule has 5 nitrogen and oxygen atoms in total. The van der Waals surface area contributed by atoms with Gasteiger partial charge in [0.2, 0.25) is 5.89 Å². The molecule has 3 rings (SSSR count). The Bertz CT molecular complexity index is 594. The molecule has 20 heavy (non-hydrogen) atoms. The van der Waals surface area contributed by atoms with E-state index in [9.17, 15) is 4.79 Å². The van der Waals surface area contributed by atoms with Gasteiger partial charge in [0.15, 0.2) is 0 Å². The van der Waals surface area contributed by atoms with E-state index in [-0.39, 0.29) is 11.8 Å². The van der Waals surface area contributed by atoms with Crippen molar-refractivity contribution >= 4 is 5.91 Å². The SMILES string of the molecule is CC1CCCN(C(=O)c2nnc(-c3ccccc3)o2)C1. The Morgan fingerprint density at radius 3 is 2.85 bits per heavy atom. The fraction of sp³-hybridized carbons (Fsp3) is 0.400. The number of aromatic nitrogens is 2. The van der Waals surface area contributed by atoms with Gasteiger partial charge in [0.05, 0.1) is 0 Å². The van der Waals surface area contributed by atoms with Crippen molar-refractivity contribution in [2.75, 3.05) is 13.1 Å². The van der Waals surface area contributed by atoms with Gasteiger partial charge < -0.3 is 9.32 Å². The first-order valence-electron chi connectivity index (χ1n) is 6.92. The summed E-state index contributed by atoms with van der Waals surface area (Å²) in [7, 11) is 0. The van der Waals surface area contributed by atoms with E-state index in [1.165, 1.54) is 6.42 Å². The van der Waals surface area contributed by atoms with Crippen molar-refractivity contribution in [1.29, 1.82) is 0 Å². The van der Waals surface area contributed by atoms with Gasteiger partial charge >= 0.3 is 11.8 Å². The minimum Gasteiger partial charge on any atom is -0.412 e. The van der Waals surface area contributed by atoms with Gasteiger partial charge in [-0.05, 0) is 30.9 Å². The van der Waals surface area contributed by atoms with Crippen LogP contribution in [-0.4, -0.2) is 34.1 Å². The van der Waals surface area contributed by atoms with E-state index in [1.807, 2.05) is 30.3 Å². The second-order valence-corrected chi connectivity index (χ2v) is 5.28. The van der Waals surface area contributed by atoms with Crippen LogP contribution in [0.3, 0.4) is 0 Å². The minimum absolute atomic E-state index is 0.0814. The van der Waals surface area contributed by atoms with Crippen molar-refractivity contribution in [3.05, 3.63) is 36.2 Å². The molecular weight excluding hydrogens is 254 g/mol. The molecule has 104 valence electrons. The quantitative estimate of drug-likeness (QED) is 0.842. The molecule has 2 aromatic rings. The van der Waals surface area contributed by atoms with Crippen LogP contribution in [0.25, 0.3) is 11.5 Å². The summed E-state index contributed by atoms with van der Waals surface area (Å²) < 4.78 is 5.51. The van der Waals surface area contributed by atoms with Gasteiger partial charge in [0.25, 0.3) is 0 Å². The number of benzene rings is 1. The van der Waals surface area contributed by atoms with Crippen LogP contribution in [0.2, 0.25) is 0 Å². The Kier molecular flexibility index (Phi) is 3.50. The van der Waals surface area contributed by atoms with Gasteiger partial charge in [0.1, 0.15) is 0 Å². The lowest BCUT2D eigenvalue weighted by Crippen LogP contribution is -2.39. The normalized spacial score (nSPS) is 19.1. The topological polar surface area (TPSA) is 59.2 Å². The number of nitrogens with zero attached hydrogens (tertiary/aromatic N) is 3. The van der Waals surface area contributed by atoms with Crippen LogP contribution in [0, 0.1) is 5.92 Å². The first-order chi connectivity index (χ1) is 9.74. The second kappa shape index (κ2) is 5.45. The summed E-state index contributed by atoms with van der Waals surface area (Å²) in [5.41, 5.74) is 0.825. The highest BCUT2D eigenvalue weighted by atomic mass is 16.4. The third kappa shape index (κ3) is 2.57. The summed E-state index contributed by atoms with van der Waals surface area (Å²) in [6.07, 6.45) is 2.20. The molecule has 1 aromatic heterocycles. The lowest BCUT2D eigenvalue weighted by molar-refractivity contribution is 0.0643. The van der Waals surface area contributed by atoms with Crippen LogP contribution in [0.15, 0.2) is 34.7 Å². The Labute approximate surface area is 117 Å². The molecule has 1 saturated heterocycles. The van der Waals surface area contributed by atoms with E-state index >= 15 is 0 Å². The Balaban J connectivity index is 1.78. The summed E-state index contributed by atoms with van der Waals surface area (Å²) >= 11 is 0. The van der Waals surface area contributed by atoms with Crippen molar-refractivity contribution < 1.29 is 9.21 Å². The van der Waals surface area contributed by atoms with Crippen LogP contribution in [0.5, 0.6) is 0 Å². The molecule has 0 aliphatic carbocycles. The largest absolute Gasteiger partial charge is 0.412 e. The fourth-order valence-corrected chi connectivity index (χ4v) is 2.52. The summed E-state index contributed by atoms with van der Waals surface area (Å²) in [5.74, 6) is 0.840. The third-order valence-corrected chi connectivity index (χ3v) is 3.57. The number of carbonyl (C=O) groups excluding carboxylic acids is 1. The molecule has 0 saturated carbocycles. The Morgan fingerprint density at radius 2 is 2.10 bits per heavy atom. The summed E-state index contributed by atoms with van der Waals surface area (Å²) in [5, 5.41) is 7.84. The predicted octanol–water partition coefficient (Wildman–Crippen LogP) is 2.61.